The molecule has 0 amide bonds. The van der Waals surface area contributed by atoms with Gasteiger partial charge in [0.1, 0.15) is 17.6 Å². The number of nitrogens with zero attached hydrogens (tertiary/aromatic N) is 1. The molecule has 96 valence electrons. The minimum Gasteiger partial charge on any atom is -0.456 e. The summed E-state index contributed by atoms with van der Waals surface area (Å²) >= 11 is 0. The zero-order chi connectivity index (χ0) is 13.7. The van der Waals surface area contributed by atoms with Crippen LogP contribution < -0.4 is 10.1 Å². The highest BCUT2D eigenvalue weighted by Crippen LogP contribution is 2.26. The Morgan fingerprint density at radius 3 is 2.53 bits per heavy atom. The van der Waals surface area contributed by atoms with E-state index in [1.54, 1.807) is 0 Å². The fourth-order valence-electron chi connectivity index (χ4n) is 1.80. The van der Waals surface area contributed by atoms with Gasteiger partial charge in [-0.25, -0.2) is 0 Å². The Hall–Kier alpha value is -2.31. The van der Waals surface area contributed by atoms with Gasteiger partial charge >= 0.3 is 0 Å². The van der Waals surface area contributed by atoms with Crippen molar-refractivity contribution in [3.63, 3.8) is 0 Å². The molecule has 0 aliphatic carbocycles. The van der Waals surface area contributed by atoms with Gasteiger partial charge in [0.2, 0.25) is 0 Å². The van der Waals surface area contributed by atoms with Crippen molar-refractivity contribution in [2.75, 3.05) is 7.05 Å². The van der Waals surface area contributed by atoms with E-state index in [1.807, 2.05) is 56.4 Å². The van der Waals surface area contributed by atoms with E-state index in [-0.39, 0.29) is 0 Å². The molecule has 2 rings (SSSR count). The van der Waals surface area contributed by atoms with E-state index in [4.69, 9.17) is 4.74 Å². The second-order valence-electron chi connectivity index (χ2n) is 4.39. The van der Waals surface area contributed by atoms with Gasteiger partial charge in [0, 0.05) is 6.54 Å². The molecule has 2 aromatic carbocycles. The molecule has 1 N–H and O–H groups in total. The highest BCUT2D eigenvalue weighted by atomic mass is 16.5. The van der Waals surface area contributed by atoms with Gasteiger partial charge in [-0.2, -0.15) is 5.26 Å². The minimum absolute atomic E-state index is 0.549. The van der Waals surface area contributed by atoms with E-state index in [9.17, 15) is 5.26 Å². The van der Waals surface area contributed by atoms with Gasteiger partial charge < -0.3 is 10.1 Å². The van der Waals surface area contributed by atoms with Crippen LogP contribution in [0.15, 0.2) is 42.5 Å². The number of ether oxygens (including phenoxy) is 1. The molecular formula is C16H16N2O. The van der Waals surface area contributed by atoms with Crippen LogP contribution in [0.1, 0.15) is 16.7 Å². The number of nitrogens with one attached hydrogen (secondary N) is 1. The topological polar surface area (TPSA) is 45.0 Å². The Morgan fingerprint density at radius 2 is 1.89 bits per heavy atom. The number of hydrogen-bond acceptors (Lipinski definition) is 3. The van der Waals surface area contributed by atoms with Crippen molar-refractivity contribution in [3.8, 4) is 17.6 Å². The molecule has 3 nitrogen and oxygen atoms in total. The lowest BCUT2D eigenvalue weighted by Gasteiger charge is -2.09. The maximum atomic E-state index is 9.18. The molecule has 0 radical (unpaired) electrons. The average Bonchev–Trinajstić information content (AvgIpc) is 2.43. The van der Waals surface area contributed by atoms with Gasteiger partial charge in [0.25, 0.3) is 0 Å². The van der Waals surface area contributed by atoms with E-state index >= 15 is 0 Å². The largest absolute Gasteiger partial charge is 0.456 e. The summed E-state index contributed by atoms with van der Waals surface area (Å²) < 4.78 is 5.75. The molecule has 0 atom stereocenters. The van der Waals surface area contributed by atoms with Crippen LogP contribution in [-0.2, 0) is 6.54 Å². The van der Waals surface area contributed by atoms with Crippen molar-refractivity contribution < 1.29 is 4.74 Å². The standard InChI is InChI=1S/C16H16N2O/c1-12-3-6-15(7-4-12)19-16-8-5-13(11-18-2)9-14(16)10-17/h3-9,18H,11H2,1-2H3. The first-order valence-electron chi connectivity index (χ1n) is 6.15. The van der Waals surface area contributed by atoms with Gasteiger partial charge in [0.05, 0.1) is 5.56 Å². The summed E-state index contributed by atoms with van der Waals surface area (Å²) in [5.74, 6) is 1.33. The Balaban J connectivity index is 2.25. The first-order valence-corrected chi connectivity index (χ1v) is 6.15. The fourth-order valence-corrected chi connectivity index (χ4v) is 1.80. The number of benzene rings is 2. The van der Waals surface area contributed by atoms with Crippen LogP contribution in [0.4, 0.5) is 0 Å². The van der Waals surface area contributed by atoms with E-state index in [0.717, 1.165) is 17.9 Å². The molecule has 0 fully saturated rings. The number of hydrogen-bond donors (Lipinski definition) is 1. The quantitative estimate of drug-likeness (QED) is 0.907. The smallest absolute Gasteiger partial charge is 0.145 e. The van der Waals surface area contributed by atoms with Crippen LogP contribution in [0.3, 0.4) is 0 Å². The molecule has 0 saturated heterocycles. The third-order valence-corrected chi connectivity index (χ3v) is 2.79. The van der Waals surface area contributed by atoms with Crippen molar-refractivity contribution in [2.45, 2.75) is 13.5 Å². The van der Waals surface area contributed by atoms with Crippen LogP contribution in [0.25, 0.3) is 0 Å². The number of nitriles is 1. The molecule has 0 bridgehead atoms. The lowest BCUT2D eigenvalue weighted by atomic mass is 10.1. The maximum Gasteiger partial charge on any atom is 0.145 e. The molecule has 0 heterocycles. The zero-order valence-electron chi connectivity index (χ0n) is 11.1. The maximum absolute atomic E-state index is 9.18. The Labute approximate surface area is 113 Å². The van der Waals surface area contributed by atoms with Crippen LogP contribution >= 0.6 is 0 Å². The van der Waals surface area contributed by atoms with Crippen LogP contribution in [0.2, 0.25) is 0 Å². The highest BCUT2D eigenvalue weighted by Gasteiger charge is 2.06. The normalized spacial score (nSPS) is 9.95. The molecule has 3 heteroatoms. The Kier molecular flexibility index (Phi) is 4.17. The molecule has 19 heavy (non-hydrogen) atoms. The van der Waals surface area contributed by atoms with Crippen LogP contribution in [0.5, 0.6) is 11.5 Å². The molecular weight excluding hydrogens is 236 g/mol. The highest BCUT2D eigenvalue weighted by molar-refractivity contribution is 5.47. The minimum atomic E-state index is 0.549. The lowest BCUT2D eigenvalue weighted by Crippen LogP contribution is -2.05. The molecule has 0 aliphatic heterocycles. The third-order valence-electron chi connectivity index (χ3n) is 2.79. The van der Waals surface area contributed by atoms with E-state index in [2.05, 4.69) is 11.4 Å². The van der Waals surface area contributed by atoms with Gasteiger partial charge in [-0.05, 0) is 43.8 Å². The number of aryl methyl sites for hydroxylation is 1. The lowest BCUT2D eigenvalue weighted by molar-refractivity contribution is 0.480. The second-order valence-corrected chi connectivity index (χ2v) is 4.39. The fraction of sp³-hybridized carbons (Fsp3) is 0.188. The van der Waals surface area contributed by atoms with Gasteiger partial charge in [0.15, 0.2) is 0 Å². The predicted octanol–water partition coefficient (Wildman–Crippen LogP) is 3.38. The summed E-state index contributed by atoms with van der Waals surface area (Å²) in [6.07, 6.45) is 0. The van der Waals surface area contributed by atoms with E-state index < -0.39 is 0 Å². The van der Waals surface area contributed by atoms with Gasteiger partial charge in [-0.3, -0.25) is 0 Å². The van der Waals surface area contributed by atoms with Crippen molar-refractivity contribution >= 4 is 0 Å². The van der Waals surface area contributed by atoms with E-state index in [0.29, 0.717) is 11.3 Å². The Morgan fingerprint density at radius 1 is 1.16 bits per heavy atom. The molecule has 2 aromatic rings. The van der Waals surface area contributed by atoms with Crippen LogP contribution in [-0.4, -0.2) is 7.05 Å². The zero-order valence-corrected chi connectivity index (χ0v) is 11.1. The number of rotatable bonds is 4. The molecule has 0 unspecified atom stereocenters. The third kappa shape index (κ3) is 3.34. The second kappa shape index (κ2) is 6.03. The summed E-state index contributed by atoms with van der Waals surface area (Å²) in [4.78, 5) is 0. The molecule has 0 aliphatic rings. The molecule has 0 spiro atoms. The van der Waals surface area contributed by atoms with Crippen molar-refractivity contribution in [1.29, 1.82) is 5.26 Å². The monoisotopic (exact) mass is 252 g/mol. The summed E-state index contributed by atoms with van der Waals surface area (Å²) in [5.41, 5.74) is 2.79. The van der Waals surface area contributed by atoms with Crippen LogP contribution in [0, 0.1) is 18.3 Å². The van der Waals surface area contributed by atoms with Crippen molar-refractivity contribution in [2.24, 2.45) is 0 Å². The summed E-state index contributed by atoms with van der Waals surface area (Å²) in [5, 5.41) is 12.2. The van der Waals surface area contributed by atoms with Gasteiger partial charge in [-0.15, -0.1) is 0 Å². The predicted molar refractivity (Wildman–Crippen MR) is 75.2 cm³/mol. The van der Waals surface area contributed by atoms with Gasteiger partial charge in [-0.1, -0.05) is 23.8 Å². The summed E-state index contributed by atoms with van der Waals surface area (Å²) in [7, 11) is 1.88. The first-order chi connectivity index (χ1) is 9.22. The van der Waals surface area contributed by atoms with E-state index in [1.165, 1.54) is 5.56 Å². The average molecular weight is 252 g/mol. The summed E-state index contributed by atoms with van der Waals surface area (Å²) in [6, 6.07) is 15.6. The molecule has 0 aromatic heterocycles. The van der Waals surface area contributed by atoms with Crippen molar-refractivity contribution in [1.82, 2.24) is 5.32 Å². The van der Waals surface area contributed by atoms with Crippen molar-refractivity contribution in [3.05, 3.63) is 59.2 Å². The summed E-state index contributed by atoms with van der Waals surface area (Å²) in [6.45, 7) is 2.76. The molecule has 0 saturated carbocycles. The SMILES string of the molecule is CNCc1ccc(Oc2ccc(C)cc2)c(C#N)c1. The Bertz CT molecular complexity index is 597. The first kappa shape index (κ1) is 13.1.